The Morgan fingerprint density at radius 3 is 2.68 bits per heavy atom. The van der Waals surface area contributed by atoms with Gasteiger partial charge in [0.15, 0.2) is 11.5 Å². The third-order valence-corrected chi connectivity index (χ3v) is 7.34. The molecule has 6 rings (SSSR count). The lowest BCUT2D eigenvalue weighted by molar-refractivity contribution is 0.600. The Labute approximate surface area is 217 Å². The summed E-state index contributed by atoms with van der Waals surface area (Å²) in [4.78, 5) is 21.3. The van der Waals surface area contributed by atoms with E-state index in [2.05, 4.69) is 30.1 Å². The first-order valence-electron chi connectivity index (χ1n) is 11.8. The zero-order chi connectivity index (χ0) is 26.4. The number of hydrogen-bond acceptors (Lipinski definition) is 7. The topological polar surface area (TPSA) is 130 Å². The number of fused-ring (bicyclic) bond motifs is 2. The van der Waals surface area contributed by atoms with Crippen molar-refractivity contribution >= 4 is 31.9 Å². The predicted octanol–water partition coefficient (Wildman–Crippen LogP) is 4.66. The minimum atomic E-state index is -3.18. The van der Waals surface area contributed by atoms with Gasteiger partial charge in [-0.25, -0.2) is 22.8 Å². The van der Waals surface area contributed by atoms with Gasteiger partial charge in [-0.05, 0) is 60.9 Å². The fraction of sp³-hybridized carbons (Fsp3) is 0.148. The number of nitrogens with one attached hydrogen (secondary N) is 2. The zero-order valence-corrected chi connectivity index (χ0v) is 21.3. The molecule has 0 aliphatic rings. The number of H-pyrrole nitrogens is 2. The van der Waals surface area contributed by atoms with Crippen LogP contribution in [0.4, 0.5) is 4.39 Å². The monoisotopic (exact) mass is 527 g/mol. The van der Waals surface area contributed by atoms with E-state index in [1.807, 2.05) is 19.1 Å². The Morgan fingerprint density at radius 1 is 1.00 bits per heavy atom. The highest BCUT2D eigenvalue weighted by molar-refractivity contribution is 7.90. The summed E-state index contributed by atoms with van der Waals surface area (Å²) in [7, 11) is -3.18. The third kappa shape index (κ3) is 4.52. The molecule has 0 radical (unpaired) electrons. The molecular formula is C27H22FN7O2S. The Balaban J connectivity index is 1.44. The second-order valence-electron chi connectivity index (χ2n) is 9.25. The number of aromatic nitrogens is 7. The molecule has 2 N–H and O–H groups in total. The number of hydrogen-bond donors (Lipinski definition) is 2. The highest BCUT2D eigenvalue weighted by Gasteiger charge is 2.18. The first-order chi connectivity index (χ1) is 18.2. The van der Waals surface area contributed by atoms with Crippen LogP contribution in [-0.2, 0) is 16.3 Å². The largest absolute Gasteiger partial charge is 0.337 e. The number of aromatic amines is 2. The molecule has 0 fully saturated rings. The van der Waals surface area contributed by atoms with Crippen molar-refractivity contribution in [2.45, 2.75) is 13.3 Å². The van der Waals surface area contributed by atoms with Crippen molar-refractivity contribution < 1.29 is 12.8 Å². The number of pyridine rings is 3. The SMILES string of the molecule is Cc1ccncc1-c1cnc2n[nH]c(-c3nc4c(-c5cc(F)cc(CCS(C)(=O)=O)c5)nccc4[nH]3)c2c1. The summed E-state index contributed by atoms with van der Waals surface area (Å²) in [5, 5.41) is 8.16. The number of nitrogens with zero attached hydrogens (tertiary/aromatic N) is 5. The van der Waals surface area contributed by atoms with Gasteiger partial charge >= 0.3 is 0 Å². The number of aryl methyl sites for hydroxylation is 2. The van der Waals surface area contributed by atoms with Crippen LogP contribution in [0.3, 0.4) is 0 Å². The Hall–Kier alpha value is -4.51. The summed E-state index contributed by atoms with van der Waals surface area (Å²) >= 11 is 0. The molecule has 0 unspecified atom stereocenters. The van der Waals surface area contributed by atoms with Crippen molar-refractivity contribution in [3.05, 3.63) is 78.1 Å². The maximum Gasteiger partial charge on any atom is 0.181 e. The lowest BCUT2D eigenvalue weighted by atomic mass is 10.0. The molecule has 0 aliphatic heterocycles. The summed E-state index contributed by atoms with van der Waals surface area (Å²) in [5.41, 5.74) is 7.00. The van der Waals surface area contributed by atoms with Crippen LogP contribution in [0.15, 0.2) is 61.2 Å². The molecule has 0 aliphatic carbocycles. The molecule has 0 amide bonds. The van der Waals surface area contributed by atoms with Crippen LogP contribution in [-0.4, -0.2) is 55.5 Å². The molecule has 9 nitrogen and oxygen atoms in total. The van der Waals surface area contributed by atoms with Crippen molar-refractivity contribution in [3.63, 3.8) is 0 Å². The van der Waals surface area contributed by atoms with Crippen LogP contribution >= 0.6 is 0 Å². The molecule has 38 heavy (non-hydrogen) atoms. The molecule has 190 valence electrons. The van der Waals surface area contributed by atoms with Gasteiger partial charge in [-0.2, -0.15) is 5.10 Å². The molecule has 5 heterocycles. The molecular weight excluding hydrogens is 505 g/mol. The summed E-state index contributed by atoms with van der Waals surface area (Å²) in [6.07, 6.45) is 8.31. The van der Waals surface area contributed by atoms with Crippen LogP contribution in [0.25, 0.3) is 56.0 Å². The van der Waals surface area contributed by atoms with Crippen molar-refractivity contribution in [2.24, 2.45) is 0 Å². The number of benzene rings is 1. The van der Waals surface area contributed by atoms with Gasteiger partial charge in [0.25, 0.3) is 0 Å². The molecule has 0 saturated carbocycles. The van der Waals surface area contributed by atoms with Crippen molar-refractivity contribution in [1.29, 1.82) is 0 Å². The maximum atomic E-state index is 14.5. The number of rotatable bonds is 6. The molecule has 6 aromatic rings. The molecule has 0 atom stereocenters. The number of halogens is 1. The number of sulfone groups is 1. The van der Waals surface area contributed by atoms with Crippen molar-refractivity contribution in [3.8, 4) is 33.9 Å². The van der Waals surface area contributed by atoms with E-state index in [9.17, 15) is 12.8 Å². The normalized spacial score (nSPS) is 12.0. The van der Waals surface area contributed by atoms with E-state index < -0.39 is 15.7 Å². The van der Waals surface area contributed by atoms with Gasteiger partial charge in [0.05, 0.1) is 22.3 Å². The van der Waals surface area contributed by atoms with Crippen molar-refractivity contribution in [2.75, 3.05) is 12.0 Å². The van der Waals surface area contributed by atoms with Crippen LogP contribution < -0.4 is 0 Å². The second kappa shape index (κ2) is 9.10. The van der Waals surface area contributed by atoms with Gasteiger partial charge in [0, 0.05) is 47.7 Å². The highest BCUT2D eigenvalue weighted by atomic mass is 32.2. The lowest BCUT2D eigenvalue weighted by Crippen LogP contribution is -2.06. The third-order valence-electron chi connectivity index (χ3n) is 6.39. The Morgan fingerprint density at radius 2 is 1.87 bits per heavy atom. The van der Waals surface area contributed by atoms with Gasteiger partial charge in [-0.15, -0.1) is 0 Å². The minimum absolute atomic E-state index is 0.0679. The molecule has 0 spiro atoms. The summed E-state index contributed by atoms with van der Waals surface area (Å²) in [6.45, 7) is 2.02. The van der Waals surface area contributed by atoms with E-state index in [1.165, 1.54) is 12.1 Å². The fourth-order valence-electron chi connectivity index (χ4n) is 4.49. The first-order valence-corrected chi connectivity index (χ1v) is 13.9. The van der Waals surface area contributed by atoms with E-state index in [1.54, 1.807) is 36.9 Å². The summed E-state index contributed by atoms with van der Waals surface area (Å²) in [5.74, 6) is -0.00147. The average molecular weight is 528 g/mol. The first kappa shape index (κ1) is 23.9. The molecule has 0 bridgehead atoms. The maximum absolute atomic E-state index is 14.5. The lowest BCUT2D eigenvalue weighted by Gasteiger charge is -2.06. The van der Waals surface area contributed by atoms with Gasteiger partial charge in [0.2, 0.25) is 0 Å². The Kier molecular flexibility index (Phi) is 5.72. The highest BCUT2D eigenvalue weighted by Crippen LogP contribution is 2.32. The zero-order valence-electron chi connectivity index (χ0n) is 20.5. The van der Waals surface area contributed by atoms with Gasteiger partial charge in [-0.3, -0.25) is 15.1 Å². The molecule has 5 aromatic heterocycles. The second-order valence-corrected chi connectivity index (χ2v) is 11.5. The van der Waals surface area contributed by atoms with Crippen LogP contribution in [0, 0.1) is 12.7 Å². The van der Waals surface area contributed by atoms with E-state index in [-0.39, 0.29) is 12.2 Å². The molecule has 1 aromatic carbocycles. The van der Waals surface area contributed by atoms with Gasteiger partial charge in [0.1, 0.15) is 26.9 Å². The van der Waals surface area contributed by atoms with Crippen LogP contribution in [0.5, 0.6) is 0 Å². The van der Waals surface area contributed by atoms with Gasteiger partial charge < -0.3 is 4.98 Å². The summed E-state index contributed by atoms with van der Waals surface area (Å²) in [6, 6.07) is 10.2. The fourth-order valence-corrected chi connectivity index (χ4v) is 5.10. The van der Waals surface area contributed by atoms with Crippen LogP contribution in [0.2, 0.25) is 0 Å². The van der Waals surface area contributed by atoms with E-state index in [4.69, 9.17) is 4.98 Å². The van der Waals surface area contributed by atoms with E-state index in [0.717, 1.165) is 28.3 Å². The van der Waals surface area contributed by atoms with Gasteiger partial charge in [-0.1, -0.05) is 0 Å². The Bertz CT molecular complexity index is 1950. The smallest absolute Gasteiger partial charge is 0.181 e. The summed E-state index contributed by atoms with van der Waals surface area (Å²) < 4.78 is 37.7. The quantitative estimate of drug-likeness (QED) is 0.322. The molecule has 0 saturated heterocycles. The van der Waals surface area contributed by atoms with E-state index >= 15 is 0 Å². The number of imidazole rings is 1. The van der Waals surface area contributed by atoms with Crippen molar-refractivity contribution in [1.82, 2.24) is 35.1 Å². The molecule has 11 heteroatoms. The van der Waals surface area contributed by atoms with Crippen LogP contribution in [0.1, 0.15) is 11.1 Å². The predicted molar refractivity (Wildman–Crippen MR) is 144 cm³/mol. The van der Waals surface area contributed by atoms with E-state index in [0.29, 0.717) is 45.0 Å². The average Bonchev–Trinajstić information content (AvgIpc) is 3.50. The standard InChI is InChI=1S/C27H22FN7O2S/c1-15-3-6-29-14-21(15)18-12-20-24(34-35-26(20)31-13-18)27-32-22-4-7-30-23(25(22)33-27)17-9-16(10-19(28)11-17)5-8-38(2,36)37/h3-4,6-7,9-14H,5,8H2,1-2H3,(H,32,33)(H,31,34,35). The minimum Gasteiger partial charge on any atom is -0.337 e.